The van der Waals surface area contributed by atoms with Crippen molar-refractivity contribution in [3.8, 4) is 0 Å². The van der Waals surface area contributed by atoms with Gasteiger partial charge in [-0.05, 0) is 38.5 Å². The fourth-order valence-corrected chi connectivity index (χ4v) is 8.67. The molecule has 0 spiro atoms. The van der Waals surface area contributed by atoms with Crippen LogP contribution in [-0.4, -0.2) is 60.5 Å². The van der Waals surface area contributed by atoms with Gasteiger partial charge >= 0.3 is 19.8 Å². The lowest BCUT2D eigenvalue weighted by Gasteiger charge is -2.20. The zero-order chi connectivity index (χ0) is 46.2. The highest BCUT2D eigenvalue weighted by atomic mass is 31.2. The average Bonchev–Trinajstić information content (AvgIpc) is 3.26. The number of allylic oxidation sites excluding steroid dienone is 2. The Labute approximate surface area is 388 Å². The Bertz CT molecular complexity index is 1060. The minimum Gasteiger partial charge on any atom is -0.480 e. The number of ether oxygens (including phenoxy) is 2. The monoisotopic (exact) mass is 916 g/mol. The minimum absolute atomic E-state index is 0.0224. The highest BCUT2D eigenvalue weighted by molar-refractivity contribution is 7.47. The number of rotatable bonds is 52. The van der Waals surface area contributed by atoms with Crippen LogP contribution in [0.3, 0.4) is 0 Å². The van der Waals surface area contributed by atoms with Gasteiger partial charge in [0.05, 0.1) is 19.8 Å². The molecule has 0 heterocycles. The van der Waals surface area contributed by atoms with Gasteiger partial charge in [0.1, 0.15) is 12.1 Å². The van der Waals surface area contributed by atoms with E-state index in [1.807, 2.05) is 0 Å². The van der Waals surface area contributed by atoms with Crippen LogP contribution in [0.5, 0.6) is 0 Å². The molecule has 0 saturated carbocycles. The van der Waals surface area contributed by atoms with Crippen LogP contribution < -0.4 is 5.73 Å². The van der Waals surface area contributed by atoms with Crippen molar-refractivity contribution in [2.45, 2.75) is 283 Å². The normalized spacial score (nSPS) is 13.7. The third kappa shape index (κ3) is 48.5. The number of unbranched alkanes of at least 4 members (excludes halogenated alkanes) is 36. The molecule has 3 atom stereocenters. The lowest BCUT2D eigenvalue weighted by atomic mass is 10.0. The molecular formula is C52H102NO9P. The number of carbonyl (C=O) groups is 2. The lowest BCUT2D eigenvalue weighted by molar-refractivity contribution is -0.154. The number of carboxylic acids is 1. The zero-order valence-corrected chi connectivity index (χ0v) is 42.1. The van der Waals surface area contributed by atoms with Crippen molar-refractivity contribution in [1.29, 1.82) is 0 Å². The molecule has 0 aromatic heterocycles. The number of carboxylic acid groups (broad SMARTS) is 1. The second kappa shape index (κ2) is 48.6. The lowest BCUT2D eigenvalue weighted by Crippen LogP contribution is -2.34. The first kappa shape index (κ1) is 61.7. The molecule has 3 unspecified atom stereocenters. The van der Waals surface area contributed by atoms with Gasteiger partial charge in [-0.15, -0.1) is 0 Å². The summed E-state index contributed by atoms with van der Waals surface area (Å²) in [5.41, 5.74) is 5.38. The predicted molar refractivity (Wildman–Crippen MR) is 263 cm³/mol. The van der Waals surface area contributed by atoms with Crippen molar-refractivity contribution in [2.75, 3.05) is 26.4 Å². The number of nitrogens with two attached hydrogens (primary N) is 1. The summed E-state index contributed by atoms with van der Waals surface area (Å²) in [5.74, 6) is -1.76. The fourth-order valence-electron chi connectivity index (χ4n) is 7.90. The Kier molecular flexibility index (Phi) is 47.6. The maximum Gasteiger partial charge on any atom is 0.472 e. The SMILES string of the molecule is CCCCCCCC/C=C\CCCCCCCCCCCCOCC(COP(=O)(O)OCC(N)C(=O)O)OC(=O)CCCCCCCCCCCCCCCCCCCCCCC. The van der Waals surface area contributed by atoms with E-state index in [-0.39, 0.29) is 13.0 Å². The molecule has 0 fully saturated rings. The van der Waals surface area contributed by atoms with Gasteiger partial charge in [-0.1, -0.05) is 238 Å². The molecule has 0 aliphatic rings. The summed E-state index contributed by atoms with van der Waals surface area (Å²) < 4.78 is 33.6. The average molecular weight is 916 g/mol. The summed E-state index contributed by atoms with van der Waals surface area (Å²) in [6, 6.07) is -1.47. The van der Waals surface area contributed by atoms with Crippen LogP contribution in [0.1, 0.15) is 271 Å². The minimum atomic E-state index is -4.62. The Morgan fingerprint density at radius 2 is 0.825 bits per heavy atom. The number of esters is 1. The first-order valence-corrected chi connectivity index (χ1v) is 28.2. The molecule has 374 valence electrons. The fraction of sp³-hybridized carbons (Fsp3) is 0.923. The van der Waals surface area contributed by atoms with E-state index >= 15 is 0 Å². The highest BCUT2D eigenvalue weighted by Crippen LogP contribution is 2.43. The van der Waals surface area contributed by atoms with E-state index in [2.05, 4.69) is 26.0 Å². The molecular weight excluding hydrogens is 814 g/mol. The van der Waals surface area contributed by atoms with Crippen molar-refractivity contribution >= 4 is 19.8 Å². The number of carbonyl (C=O) groups excluding carboxylic acids is 1. The summed E-state index contributed by atoms with van der Waals surface area (Å²) in [6.45, 7) is 3.94. The summed E-state index contributed by atoms with van der Waals surface area (Å²) in [7, 11) is -4.62. The van der Waals surface area contributed by atoms with Gasteiger partial charge in [0.25, 0.3) is 0 Å². The number of phosphoric ester groups is 1. The number of hydrogen-bond donors (Lipinski definition) is 3. The molecule has 0 saturated heterocycles. The van der Waals surface area contributed by atoms with Gasteiger partial charge in [-0.25, -0.2) is 4.57 Å². The smallest absolute Gasteiger partial charge is 0.472 e. The molecule has 0 aromatic carbocycles. The van der Waals surface area contributed by atoms with Gasteiger partial charge < -0.3 is 25.2 Å². The third-order valence-electron chi connectivity index (χ3n) is 12.0. The number of phosphoric acid groups is 1. The van der Waals surface area contributed by atoms with Crippen LogP contribution in [0.25, 0.3) is 0 Å². The zero-order valence-electron chi connectivity index (χ0n) is 41.2. The number of aliphatic carboxylic acids is 1. The molecule has 0 aromatic rings. The van der Waals surface area contributed by atoms with Crippen LogP contribution in [0.15, 0.2) is 12.2 Å². The van der Waals surface area contributed by atoms with E-state index in [1.54, 1.807) is 0 Å². The van der Waals surface area contributed by atoms with Crippen LogP contribution in [-0.2, 0) is 32.7 Å². The van der Waals surface area contributed by atoms with Crippen molar-refractivity contribution < 1.29 is 42.7 Å². The molecule has 0 bridgehead atoms. The van der Waals surface area contributed by atoms with Gasteiger partial charge in [-0.2, -0.15) is 0 Å². The van der Waals surface area contributed by atoms with E-state index in [1.165, 1.54) is 212 Å². The van der Waals surface area contributed by atoms with E-state index in [0.717, 1.165) is 38.5 Å². The molecule has 0 radical (unpaired) electrons. The van der Waals surface area contributed by atoms with Crippen molar-refractivity contribution in [1.82, 2.24) is 0 Å². The molecule has 10 nitrogen and oxygen atoms in total. The van der Waals surface area contributed by atoms with Gasteiger partial charge in [0, 0.05) is 13.0 Å². The maximum atomic E-state index is 12.7. The molecule has 0 amide bonds. The van der Waals surface area contributed by atoms with Crippen LogP contribution >= 0.6 is 7.82 Å². The van der Waals surface area contributed by atoms with Gasteiger partial charge in [0.2, 0.25) is 0 Å². The standard InChI is InChI=1S/C52H102NO9P/c1-3-5-7-9-11-13-15-17-19-21-23-25-26-28-30-32-34-36-38-40-42-44-51(54)62-49(47-60-63(57,58)61-48-50(53)52(55)56)46-59-45-43-41-39-37-35-33-31-29-27-24-22-20-18-16-14-12-10-8-6-4-2/h18,20,49-50H,3-17,19,21-48,53H2,1-2H3,(H,55,56)(H,57,58)/b20-18-. The first-order chi connectivity index (χ1) is 30.7. The third-order valence-corrected chi connectivity index (χ3v) is 13.0. The van der Waals surface area contributed by atoms with E-state index in [9.17, 15) is 19.0 Å². The van der Waals surface area contributed by atoms with E-state index in [4.69, 9.17) is 29.4 Å². The van der Waals surface area contributed by atoms with Crippen LogP contribution in [0.4, 0.5) is 0 Å². The van der Waals surface area contributed by atoms with Crippen LogP contribution in [0.2, 0.25) is 0 Å². The van der Waals surface area contributed by atoms with E-state index < -0.39 is 45.1 Å². The van der Waals surface area contributed by atoms with E-state index in [0.29, 0.717) is 6.61 Å². The summed E-state index contributed by atoms with van der Waals surface area (Å²) in [5, 5.41) is 8.93. The Hall–Kier alpha value is -1.29. The van der Waals surface area contributed by atoms with Gasteiger partial charge in [-0.3, -0.25) is 18.6 Å². The largest absolute Gasteiger partial charge is 0.480 e. The highest BCUT2D eigenvalue weighted by Gasteiger charge is 2.27. The predicted octanol–water partition coefficient (Wildman–Crippen LogP) is 15.7. The Morgan fingerprint density at radius 3 is 1.21 bits per heavy atom. The quantitative estimate of drug-likeness (QED) is 0.0232. The number of hydrogen-bond acceptors (Lipinski definition) is 8. The van der Waals surface area contributed by atoms with Crippen molar-refractivity contribution in [2.24, 2.45) is 5.73 Å². The van der Waals surface area contributed by atoms with Crippen LogP contribution in [0, 0.1) is 0 Å². The molecule has 11 heteroatoms. The summed E-state index contributed by atoms with van der Waals surface area (Å²) in [4.78, 5) is 33.7. The summed E-state index contributed by atoms with van der Waals surface area (Å²) >= 11 is 0. The molecule has 0 aliphatic heterocycles. The Morgan fingerprint density at radius 1 is 0.492 bits per heavy atom. The topological polar surface area (TPSA) is 155 Å². The second-order valence-electron chi connectivity index (χ2n) is 18.4. The summed E-state index contributed by atoms with van der Waals surface area (Å²) in [6.07, 6.45) is 54.1. The van der Waals surface area contributed by atoms with Crippen molar-refractivity contribution in [3.05, 3.63) is 12.2 Å². The molecule has 4 N–H and O–H groups in total. The Balaban J connectivity index is 4.07. The maximum absolute atomic E-state index is 12.7. The second-order valence-corrected chi connectivity index (χ2v) is 19.8. The van der Waals surface area contributed by atoms with Gasteiger partial charge in [0.15, 0.2) is 0 Å². The molecule has 0 rings (SSSR count). The molecule has 0 aliphatic carbocycles. The molecule has 63 heavy (non-hydrogen) atoms. The first-order valence-electron chi connectivity index (χ1n) is 26.7. The van der Waals surface area contributed by atoms with Crippen molar-refractivity contribution in [3.63, 3.8) is 0 Å².